The quantitative estimate of drug-likeness (QED) is 0.917. The first-order chi connectivity index (χ1) is 11.2. The lowest BCUT2D eigenvalue weighted by atomic mass is 10.1. The standard InChI is InChI=1S/C18H19NO3S/c1-22-16-8-4-7-15(11-16)19-18(20)12-23(21)17-9-13-5-2-3-6-14(13)10-17/h2-8,11,17H,9-10,12H2,1H3,(H,19,20)/t23-/m0/s1. The topological polar surface area (TPSA) is 55.4 Å². The van der Waals surface area contributed by atoms with E-state index in [9.17, 15) is 9.00 Å². The molecule has 0 radical (unpaired) electrons. The number of nitrogens with one attached hydrogen (secondary N) is 1. The Labute approximate surface area is 138 Å². The molecule has 0 spiro atoms. The highest BCUT2D eigenvalue weighted by Crippen LogP contribution is 2.25. The minimum Gasteiger partial charge on any atom is -0.497 e. The summed E-state index contributed by atoms with van der Waals surface area (Å²) in [5.41, 5.74) is 3.15. The number of benzene rings is 2. The zero-order valence-corrected chi connectivity index (χ0v) is 13.8. The van der Waals surface area contributed by atoms with Gasteiger partial charge in [0.15, 0.2) is 0 Å². The molecular weight excluding hydrogens is 310 g/mol. The molecule has 120 valence electrons. The number of carbonyl (C=O) groups excluding carboxylic acids is 1. The van der Waals surface area contributed by atoms with E-state index < -0.39 is 10.8 Å². The summed E-state index contributed by atoms with van der Waals surface area (Å²) in [5.74, 6) is 0.471. The van der Waals surface area contributed by atoms with Gasteiger partial charge < -0.3 is 10.1 Å². The van der Waals surface area contributed by atoms with E-state index in [1.54, 1.807) is 25.3 Å². The van der Waals surface area contributed by atoms with E-state index in [1.165, 1.54) is 11.1 Å². The van der Waals surface area contributed by atoms with E-state index in [4.69, 9.17) is 4.74 Å². The van der Waals surface area contributed by atoms with Crippen LogP contribution < -0.4 is 10.1 Å². The lowest BCUT2D eigenvalue weighted by Crippen LogP contribution is -2.26. The minimum atomic E-state index is -1.18. The highest BCUT2D eigenvalue weighted by atomic mass is 32.2. The van der Waals surface area contributed by atoms with Crippen molar-refractivity contribution in [3.05, 3.63) is 59.7 Å². The Balaban J connectivity index is 1.57. The fraction of sp³-hybridized carbons (Fsp3) is 0.278. The Bertz CT molecular complexity index is 720. The molecule has 5 heteroatoms. The summed E-state index contributed by atoms with van der Waals surface area (Å²) in [6, 6.07) is 15.3. The molecule has 4 nitrogen and oxygen atoms in total. The molecular formula is C18H19NO3S. The highest BCUT2D eigenvalue weighted by molar-refractivity contribution is 7.86. The van der Waals surface area contributed by atoms with E-state index in [2.05, 4.69) is 17.4 Å². The van der Waals surface area contributed by atoms with Crippen LogP contribution in [0, 0.1) is 0 Å². The van der Waals surface area contributed by atoms with Gasteiger partial charge in [-0.25, -0.2) is 0 Å². The SMILES string of the molecule is COc1cccc(NC(=O)C[S@](=O)C2Cc3ccccc3C2)c1. The van der Waals surface area contributed by atoms with Gasteiger partial charge in [0.1, 0.15) is 11.5 Å². The molecule has 1 atom stereocenters. The van der Waals surface area contributed by atoms with Crippen LogP contribution in [0.2, 0.25) is 0 Å². The van der Waals surface area contributed by atoms with Crippen LogP contribution in [0.5, 0.6) is 5.75 Å². The van der Waals surface area contributed by atoms with Gasteiger partial charge in [-0.2, -0.15) is 0 Å². The number of rotatable bonds is 5. The monoisotopic (exact) mass is 329 g/mol. The largest absolute Gasteiger partial charge is 0.497 e. The van der Waals surface area contributed by atoms with Gasteiger partial charge in [0.25, 0.3) is 0 Å². The summed E-state index contributed by atoms with van der Waals surface area (Å²) >= 11 is 0. The number of carbonyl (C=O) groups is 1. The first kappa shape index (κ1) is 15.7. The van der Waals surface area contributed by atoms with Gasteiger partial charge in [0.05, 0.1) is 7.11 Å². The summed E-state index contributed by atoms with van der Waals surface area (Å²) in [6.45, 7) is 0. The van der Waals surface area contributed by atoms with Gasteiger partial charge in [-0.3, -0.25) is 9.00 Å². The van der Waals surface area contributed by atoms with Crippen LogP contribution >= 0.6 is 0 Å². The second-order valence-corrected chi connectivity index (χ2v) is 7.32. The van der Waals surface area contributed by atoms with Crippen LogP contribution in [-0.4, -0.2) is 28.2 Å². The van der Waals surface area contributed by atoms with Crippen molar-refractivity contribution >= 4 is 22.4 Å². The number of methoxy groups -OCH3 is 1. The van der Waals surface area contributed by atoms with E-state index in [-0.39, 0.29) is 16.9 Å². The average molecular weight is 329 g/mol. The van der Waals surface area contributed by atoms with E-state index in [0.717, 1.165) is 12.8 Å². The Morgan fingerprint density at radius 3 is 2.52 bits per heavy atom. The van der Waals surface area contributed by atoms with Gasteiger partial charge in [0.2, 0.25) is 5.91 Å². The fourth-order valence-electron chi connectivity index (χ4n) is 2.85. The first-order valence-corrected chi connectivity index (χ1v) is 8.92. The van der Waals surface area contributed by atoms with Crippen molar-refractivity contribution in [3.63, 3.8) is 0 Å². The maximum absolute atomic E-state index is 12.5. The molecule has 0 heterocycles. The van der Waals surface area contributed by atoms with Crippen molar-refractivity contribution < 1.29 is 13.7 Å². The summed E-state index contributed by atoms with van der Waals surface area (Å²) in [4.78, 5) is 12.1. The van der Waals surface area contributed by atoms with Crippen LogP contribution in [0.1, 0.15) is 11.1 Å². The number of fused-ring (bicyclic) bond motifs is 1. The first-order valence-electron chi connectivity index (χ1n) is 7.53. The molecule has 23 heavy (non-hydrogen) atoms. The maximum atomic E-state index is 12.5. The van der Waals surface area contributed by atoms with Gasteiger partial charge in [-0.05, 0) is 36.1 Å². The van der Waals surface area contributed by atoms with E-state index >= 15 is 0 Å². The molecule has 2 aromatic rings. The maximum Gasteiger partial charge on any atom is 0.237 e. The molecule has 1 aliphatic rings. The third-order valence-electron chi connectivity index (χ3n) is 4.01. The van der Waals surface area contributed by atoms with Crippen LogP contribution in [0.4, 0.5) is 5.69 Å². The smallest absolute Gasteiger partial charge is 0.237 e. The van der Waals surface area contributed by atoms with Crippen LogP contribution in [0.15, 0.2) is 48.5 Å². The number of amides is 1. The molecule has 0 saturated heterocycles. The van der Waals surface area contributed by atoms with Gasteiger partial charge >= 0.3 is 0 Å². The fourth-order valence-corrected chi connectivity index (χ4v) is 4.15. The van der Waals surface area contributed by atoms with Crippen molar-refractivity contribution in [3.8, 4) is 5.75 Å². The molecule has 3 rings (SSSR count). The second kappa shape index (κ2) is 6.96. The van der Waals surface area contributed by atoms with E-state index in [1.807, 2.05) is 18.2 Å². The van der Waals surface area contributed by atoms with Crippen LogP contribution in [-0.2, 0) is 28.4 Å². The van der Waals surface area contributed by atoms with Crippen LogP contribution in [0.25, 0.3) is 0 Å². The van der Waals surface area contributed by atoms with Gasteiger partial charge in [-0.15, -0.1) is 0 Å². The molecule has 1 amide bonds. The summed E-state index contributed by atoms with van der Waals surface area (Å²) < 4.78 is 17.6. The molecule has 1 N–H and O–H groups in total. The number of ether oxygens (including phenoxy) is 1. The minimum absolute atomic E-state index is 0.0237. The zero-order valence-electron chi connectivity index (χ0n) is 13.0. The van der Waals surface area contributed by atoms with Crippen molar-refractivity contribution in [1.82, 2.24) is 0 Å². The lowest BCUT2D eigenvalue weighted by molar-refractivity contribution is -0.113. The van der Waals surface area contributed by atoms with Crippen molar-refractivity contribution in [2.45, 2.75) is 18.1 Å². The predicted octanol–water partition coefficient (Wildman–Crippen LogP) is 2.55. The third kappa shape index (κ3) is 3.79. The van der Waals surface area contributed by atoms with Crippen molar-refractivity contribution in [1.29, 1.82) is 0 Å². The van der Waals surface area contributed by atoms with E-state index in [0.29, 0.717) is 11.4 Å². The van der Waals surface area contributed by atoms with Gasteiger partial charge in [-0.1, -0.05) is 30.3 Å². The number of hydrogen-bond acceptors (Lipinski definition) is 3. The Morgan fingerprint density at radius 2 is 1.87 bits per heavy atom. The molecule has 0 fully saturated rings. The summed E-state index contributed by atoms with van der Waals surface area (Å²) in [7, 11) is 0.401. The average Bonchev–Trinajstić information content (AvgIpc) is 2.99. The third-order valence-corrected chi connectivity index (χ3v) is 5.64. The molecule has 0 bridgehead atoms. The van der Waals surface area contributed by atoms with Crippen molar-refractivity contribution in [2.75, 3.05) is 18.2 Å². The number of hydrogen-bond donors (Lipinski definition) is 1. The molecule has 0 saturated carbocycles. The molecule has 0 aromatic heterocycles. The second-order valence-electron chi connectivity index (χ2n) is 5.60. The van der Waals surface area contributed by atoms with Crippen LogP contribution in [0.3, 0.4) is 0 Å². The van der Waals surface area contributed by atoms with Crippen molar-refractivity contribution in [2.24, 2.45) is 0 Å². The Morgan fingerprint density at radius 1 is 1.17 bits per heavy atom. The highest BCUT2D eigenvalue weighted by Gasteiger charge is 2.27. The zero-order chi connectivity index (χ0) is 16.2. The number of anilines is 1. The summed E-state index contributed by atoms with van der Waals surface area (Å²) in [6.07, 6.45) is 1.57. The molecule has 1 aliphatic carbocycles. The Hall–Kier alpha value is -2.14. The summed E-state index contributed by atoms with van der Waals surface area (Å²) in [5, 5.41) is 2.81. The molecule has 0 unspecified atom stereocenters. The molecule has 0 aliphatic heterocycles. The normalized spacial score (nSPS) is 15.0. The predicted molar refractivity (Wildman–Crippen MR) is 92.3 cm³/mol. The lowest BCUT2D eigenvalue weighted by Gasteiger charge is -2.10. The molecule has 2 aromatic carbocycles. The van der Waals surface area contributed by atoms with Gasteiger partial charge in [0, 0.05) is 27.8 Å². The Kier molecular flexibility index (Phi) is 4.76.